The molecule has 11 heteroatoms. The molecule has 6 fully saturated rings. The Morgan fingerprint density at radius 1 is 0.577 bits per heavy atom. The molecule has 0 spiro atoms. The number of fused-ring (bicyclic) bond motifs is 10. The van der Waals surface area contributed by atoms with E-state index in [2.05, 4.69) is 53.7 Å². The average Bonchev–Trinajstić information content (AvgIpc) is 3.86. The molecule has 8 aliphatic carbocycles. The smallest absolute Gasteiger partial charge is 0.296 e. The highest BCUT2D eigenvalue weighted by molar-refractivity contribution is 8.13. The predicted octanol–water partition coefficient (Wildman–Crippen LogP) is 13.5. The van der Waals surface area contributed by atoms with E-state index in [-0.39, 0.29) is 33.1 Å². The van der Waals surface area contributed by atoms with Gasteiger partial charge in [0, 0.05) is 17.3 Å². The lowest BCUT2D eigenvalue weighted by Gasteiger charge is -2.59. The van der Waals surface area contributed by atoms with Crippen LogP contribution < -0.4 is 0 Å². The fourth-order valence-electron chi connectivity index (χ4n) is 17.5. The molecular formula is C60H89ClO8S2. The zero-order valence-electron chi connectivity index (χ0n) is 44.9. The molecule has 2 aromatic carbocycles. The normalized spacial score (nSPS) is 41.3. The van der Waals surface area contributed by atoms with Crippen LogP contribution in [0.25, 0.3) is 0 Å². The second-order valence-electron chi connectivity index (χ2n) is 26.3. The number of aliphatic hydroxyl groups is 3. The molecule has 396 valence electrons. The maximum atomic E-state index is 12.8. The molecule has 0 heterocycles. The molecule has 0 saturated heterocycles. The van der Waals surface area contributed by atoms with Crippen molar-refractivity contribution in [2.24, 2.45) is 80.8 Å². The SMILES string of the molecule is C[C@H](CO)[C@H]1CC[C@H]2[C@@H]3CC=C4C[C@@](C)(O)CC[C@]4(C)[C@H]3CC[C@]12C.Cc1ccc(S(=O)(=O)Cl)cc1.Cc1ccc(S(=O)(=O)OC[C@@H](C)[C@H]2CC[C@H]3[C@@H]4CC=C5C[C@@](C)(O)CC[C@]5(C)[C@H]4CC[C@]23C)cc1. The van der Waals surface area contributed by atoms with E-state index < -0.39 is 30.4 Å². The molecule has 6 saturated carbocycles. The molecule has 8 aliphatic rings. The first-order valence-electron chi connectivity index (χ1n) is 27.5. The summed E-state index contributed by atoms with van der Waals surface area (Å²) in [6, 6.07) is 13.3. The van der Waals surface area contributed by atoms with E-state index in [1.165, 1.54) is 75.5 Å². The van der Waals surface area contributed by atoms with E-state index in [0.29, 0.717) is 52.9 Å². The van der Waals surface area contributed by atoms with Crippen LogP contribution >= 0.6 is 10.7 Å². The van der Waals surface area contributed by atoms with Crippen molar-refractivity contribution < 1.29 is 36.3 Å². The van der Waals surface area contributed by atoms with E-state index in [1.807, 2.05) is 39.8 Å². The minimum absolute atomic E-state index is 0.143. The van der Waals surface area contributed by atoms with Gasteiger partial charge in [0.1, 0.15) is 0 Å². The number of benzene rings is 2. The monoisotopic (exact) mass is 1040 g/mol. The first kappa shape index (κ1) is 55.2. The third kappa shape index (κ3) is 10.7. The number of aliphatic hydroxyl groups excluding tert-OH is 1. The second-order valence-corrected chi connectivity index (χ2v) is 30.4. The van der Waals surface area contributed by atoms with Gasteiger partial charge >= 0.3 is 0 Å². The lowest BCUT2D eigenvalue weighted by atomic mass is 9.46. The molecule has 0 aliphatic heterocycles. The lowest BCUT2D eigenvalue weighted by molar-refractivity contribution is -0.0723. The average molecular weight is 1040 g/mol. The van der Waals surface area contributed by atoms with Crippen LogP contribution in [-0.4, -0.2) is 56.6 Å². The Morgan fingerprint density at radius 3 is 1.39 bits per heavy atom. The first-order chi connectivity index (χ1) is 33.1. The molecule has 10 rings (SSSR count). The topological polar surface area (TPSA) is 138 Å². The number of hydrogen-bond acceptors (Lipinski definition) is 8. The van der Waals surface area contributed by atoms with Crippen molar-refractivity contribution in [1.29, 1.82) is 0 Å². The van der Waals surface area contributed by atoms with Gasteiger partial charge in [-0.25, -0.2) is 8.42 Å². The van der Waals surface area contributed by atoms with Gasteiger partial charge in [-0.1, -0.05) is 100 Å². The maximum absolute atomic E-state index is 12.8. The van der Waals surface area contributed by atoms with Crippen molar-refractivity contribution in [3.05, 3.63) is 83.0 Å². The minimum atomic E-state index is -3.73. The largest absolute Gasteiger partial charge is 0.396 e. The Bertz CT molecular complexity index is 2520. The number of hydrogen-bond donors (Lipinski definition) is 3. The highest BCUT2D eigenvalue weighted by Gasteiger charge is 2.61. The summed E-state index contributed by atoms with van der Waals surface area (Å²) in [6.45, 7) is 22.9. The summed E-state index contributed by atoms with van der Waals surface area (Å²) in [5.41, 5.74) is 5.33. The zero-order chi connectivity index (χ0) is 51.7. The van der Waals surface area contributed by atoms with Crippen molar-refractivity contribution in [2.45, 2.75) is 193 Å². The van der Waals surface area contributed by atoms with Gasteiger partial charge in [0.15, 0.2) is 0 Å². The van der Waals surface area contributed by atoms with Crippen LogP contribution in [0.3, 0.4) is 0 Å². The molecule has 0 amide bonds. The molecular weight excluding hydrogens is 948 g/mol. The van der Waals surface area contributed by atoms with Gasteiger partial charge in [-0.3, -0.25) is 4.18 Å². The van der Waals surface area contributed by atoms with Crippen LogP contribution in [0.1, 0.15) is 169 Å². The van der Waals surface area contributed by atoms with E-state index in [0.717, 1.165) is 73.8 Å². The predicted molar refractivity (Wildman–Crippen MR) is 286 cm³/mol. The highest BCUT2D eigenvalue weighted by Crippen LogP contribution is 2.69. The van der Waals surface area contributed by atoms with Crippen molar-refractivity contribution in [1.82, 2.24) is 0 Å². The van der Waals surface area contributed by atoms with Gasteiger partial charge in [0.2, 0.25) is 0 Å². The molecule has 0 aromatic heterocycles. The molecule has 3 N–H and O–H groups in total. The fraction of sp³-hybridized carbons (Fsp3) is 0.733. The maximum Gasteiger partial charge on any atom is 0.296 e. The van der Waals surface area contributed by atoms with Crippen molar-refractivity contribution in [3.8, 4) is 0 Å². The lowest BCUT2D eigenvalue weighted by Crippen LogP contribution is -2.52. The third-order valence-corrected chi connectivity index (χ3v) is 24.3. The molecule has 8 nitrogen and oxygen atoms in total. The van der Waals surface area contributed by atoms with Gasteiger partial charge in [-0.05, 0) is 236 Å². The summed E-state index contributed by atoms with van der Waals surface area (Å²) < 4.78 is 52.6. The van der Waals surface area contributed by atoms with Crippen LogP contribution in [0.5, 0.6) is 0 Å². The van der Waals surface area contributed by atoms with E-state index >= 15 is 0 Å². The number of allylic oxidation sites excluding steroid dienone is 2. The van der Waals surface area contributed by atoms with Gasteiger partial charge in [0.25, 0.3) is 19.2 Å². The van der Waals surface area contributed by atoms with Crippen LogP contribution in [0, 0.1) is 94.7 Å². The summed E-state index contributed by atoms with van der Waals surface area (Å²) >= 11 is 0. The molecule has 2 aromatic rings. The number of halogens is 1. The molecule has 16 atom stereocenters. The Kier molecular flexibility index (Phi) is 15.7. The minimum Gasteiger partial charge on any atom is -0.396 e. The summed E-state index contributed by atoms with van der Waals surface area (Å²) in [6.07, 6.45) is 23.5. The molecule has 0 radical (unpaired) electrons. The Hall–Kier alpha value is -2.05. The van der Waals surface area contributed by atoms with Crippen LogP contribution in [0.2, 0.25) is 0 Å². The van der Waals surface area contributed by atoms with Crippen LogP contribution in [0.4, 0.5) is 0 Å². The Labute approximate surface area is 433 Å². The summed E-state index contributed by atoms with van der Waals surface area (Å²) in [4.78, 5) is 0.389. The molecule has 0 unspecified atom stereocenters. The summed E-state index contributed by atoms with van der Waals surface area (Å²) in [5.74, 6) is 6.43. The third-order valence-electron chi connectivity index (χ3n) is 21.7. The summed E-state index contributed by atoms with van der Waals surface area (Å²) in [7, 11) is -2.19. The number of aryl methyl sites for hydroxylation is 2. The Balaban J connectivity index is 0.000000163. The van der Waals surface area contributed by atoms with Gasteiger partial charge in [-0.15, -0.1) is 0 Å². The Morgan fingerprint density at radius 2 is 0.986 bits per heavy atom. The fourth-order valence-corrected chi connectivity index (χ4v) is 19.2. The van der Waals surface area contributed by atoms with Crippen molar-refractivity contribution >= 4 is 29.9 Å². The second kappa shape index (κ2) is 20.1. The standard InChI is InChI=1S/C30H44O4S.C23H38O2.C7H7ClO2S/c1-20-6-9-23(10-7-20)35(32,33)34-19-21(2)25-12-13-26-24-11-8-22-18-28(3,31)16-17-29(22,4)27(24)14-15-30(25,26)5;1-15(14-24)18-7-8-19-17-6-5-16-13-21(2,25)11-12-22(16,3)20(17)9-10-23(18,19)4;1-6-2-4-7(5-3-6)11(8,9)10/h6-10,21,24-27,31H,11-19H2,1-5H3;5,15,17-20,24-25H,6-14H2,1-4H3;2-5H,1H3/t21-,24+,25-,26+,27+,28+,29+,30-;15-,17+,18-,19+,20+,21+,22+,23-;/m11./s1. The zero-order valence-corrected chi connectivity index (χ0v) is 47.2. The van der Waals surface area contributed by atoms with Crippen LogP contribution in [0.15, 0.2) is 81.6 Å². The van der Waals surface area contributed by atoms with Crippen LogP contribution in [-0.2, 0) is 23.4 Å². The number of rotatable bonds is 8. The van der Waals surface area contributed by atoms with Crippen molar-refractivity contribution in [3.63, 3.8) is 0 Å². The summed E-state index contributed by atoms with van der Waals surface area (Å²) in [5, 5.41) is 31.0. The van der Waals surface area contributed by atoms with Gasteiger partial charge in [-0.2, -0.15) is 8.42 Å². The van der Waals surface area contributed by atoms with Crippen molar-refractivity contribution in [2.75, 3.05) is 13.2 Å². The van der Waals surface area contributed by atoms with E-state index in [1.54, 1.807) is 29.8 Å². The van der Waals surface area contributed by atoms with Gasteiger partial charge in [0.05, 0.1) is 27.6 Å². The first-order valence-corrected chi connectivity index (χ1v) is 31.2. The van der Waals surface area contributed by atoms with Gasteiger partial charge < -0.3 is 15.3 Å². The highest BCUT2D eigenvalue weighted by atomic mass is 35.7. The molecule has 71 heavy (non-hydrogen) atoms. The van der Waals surface area contributed by atoms with E-state index in [9.17, 15) is 32.2 Å². The quantitative estimate of drug-likeness (QED) is 0.135. The molecule has 0 bridgehead atoms. The van der Waals surface area contributed by atoms with E-state index in [4.69, 9.17) is 14.9 Å².